The first-order valence-corrected chi connectivity index (χ1v) is 12.0. The lowest BCUT2D eigenvalue weighted by Gasteiger charge is -2.18. The van der Waals surface area contributed by atoms with Gasteiger partial charge in [0.25, 0.3) is 5.91 Å². The number of carbonyl (C=O) groups excluding carboxylic acids is 2. The van der Waals surface area contributed by atoms with Gasteiger partial charge in [-0.2, -0.15) is 0 Å². The zero-order valence-electron chi connectivity index (χ0n) is 17.5. The molecule has 1 atom stereocenters. The highest BCUT2D eigenvalue weighted by molar-refractivity contribution is 7.92. The van der Waals surface area contributed by atoms with Crippen LogP contribution < -0.4 is 10.6 Å². The Bertz CT molecular complexity index is 1370. The molecule has 3 aromatic carbocycles. The highest BCUT2D eigenvalue weighted by Gasteiger charge is 2.43. The van der Waals surface area contributed by atoms with Gasteiger partial charge in [-0.3, -0.25) is 9.69 Å². The second kappa shape index (κ2) is 7.93. The van der Waals surface area contributed by atoms with Crippen LogP contribution in [-0.2, 0) is 16.3 Å². The normalized spacial score (nSPS) is 17.4. The van der Waals surface area contributed by atoms with Gasteiger partial charge in [-0.15, -0.1) is 0 Å². The molecule has 2 aliphatic rings. The lowest BCUT2D eigenvalue weighted by Crippen LogP contribution is -2.35. The number of hydrogen-bond acceptors (Lipinski definition) is 6. The second-order valence-corrected chi connectivity index (χ2v) is 10.0. The van der Waals surface area contributed by atoms with E-state index in [1.54, 1.807) is 24.3 Å². The Morgan fingerprint density at radius 3 is 2.48 bits per heavy atom. The molecule has 0 aromatic heterocycles. The van der Waals surface area contributed by atoms with Gasteiger partial charge in [-0.25, -0.2) is 13.2 Å². The van der Waals surface area contributed by atoms with Gasteiger partial charge in [0.1, 0.15) is 5.75 Å². The van der Waals surface area contributed by atoms with E-state index in [0.29, 0.717) is 18.5 Å². The molecule has 0 radical (unpaired) electrons. The standard InChI is InChI=1S/C24H21N3O5S/c28-19-9-5-4-8-17(19)23(29)27-14-21(26-24(27)30)33(31,32)20-11-10-18-16(12-13-25-18)22(20)15-6-2-1-3-7-15/h1-11,21,25,28H,12-14H2,(H,26,30). The number of anilines is 1. The van der Waals surface area contributed by atoms with Crippen LogP contribution >= 0.6 is 0 Å². The van der Waals surface area contributed by atoms with E-state index in [0.717, 1.165) is 21.7 Å². The fourth-order valence-corrected chi connectivity index (χ4v) is 6.04. The van der Waals surface area contributed by atoms with Gasteiger partial charge in [-0.1, -0.05) is 42.5 Å². The van der Waals surface area contributed by atoms with Crippen molar-refractivity contribution in [3.05, 3.63) is 77.9 Å². The molecule has 0 saturated carbocycles. The van der Waals surface area contributed by atoms with Crippen molar-refractivity contribution in [2.45, 2.75) is 16.7 Å². The van der Waals surface area contributed by atoms with Crippen LogP contribution in [0.5, 0.6) is 5.75 Å². The monoisotopic (exact) mass is 463 g/mol. The zero-order chi connectivity index (χ0) is 23.2. The number of carbonyl (C=O) groups is 2. The number of nitrogens with zero attached hydrogens (tertiary/aromatic N) is 1. The first kappa shape index (κ1) is 21.0. The van der Waals surface area contributed by atoms with Gasteiger partial charge in [0.05, 0.1) is 17.0 Å². The van der Waals surface area contributed by atoms with Gasteiger partial charge >= 0.3 is 6.03 Å². The molecule has 0 bridgehead atoms. The van der Waals surface area contributed by atoms with Crippen molar-refractivity contribution in [1.82, 2.24) is 10.2 Å². The summed E-state index contributed by atoms with van der Waals surface area (Å²) >= 11 is 0. The van der Waals surface area contributed by atoms with Crippen LogP contribution in [0.2, 0.25) is 0 Å². The number of imide groups is 1. The molecular formula is C24H21N3O5S. The van der Waals surface area contributed by atoms with Crippen LogP contribution in [0, 0.1) is 0 Å². The number of para-hydroxylation sites is 1. The Kier molecular flexibility index (Phi) is 5.05. The maximum absolute atomic E-state index is 13.7. The third-order valence-corrected chi connectivity index (χ3v) is 7.94. The molecule has 9 heteroatoms. The summed E-state index contributed by atoms with van der Waals surface area (Å²) in [5, 5.41) is 14.4. The quantitative estimate of drug-likeness (QED) is 0.548. The van der Waals surface area contributed by atoms with Gasteiger partial charge < -0.3 is 15.7 Å². The Hall–Kier alpha value is -3.85. The third-order valence-electron chi connectivity index (χ3n) is 5.97. The van der Waals surface area contributed by atoms with Gasteiger partial charge in [0.15, 0.2) is 5.37 Å². The van der Waals surface area contributed by atoms with E-state index in [4.69, 9.17) is 0 Å². The summed E-state index contributed by atoms with van der Waals surface area (Å²) in [4.78, 5) is 26.3. The predicted octanol–water partition coefficient (Wildman–Crippen LogP) is 2.99. The fourth-order valence-electron chi connectivity index (χ4n) is 4.35. The summed E-state index contributed by atoms with van der Waals surface area (Å²) in [7, 11) is -4.05. The smallest absolute Gasteiger partial charge is 0.325 e. The molecule has 0 spiro atoms. The number of fused-ring (bicyclic) bond motifs is 1. The van der Waals surface area contributed by atoms with Crippen LogP contribution in [0.1, 0.15) is 15.9 Å². The second-order valence-electron chi connectivity index (χ2n) is 7.92. The minimum Gasteiger partial charge on any atom is -0.507 e. The lowest BCUT2D eigenvalue weighted by atomic mass is 9.98. The average molecular weight is 464 g/mol. The Balaban J connectivity index is 1.53. The number of aromatic hydroxyl groups is 1. The number of phenolic OH excluding ortho intramolecular Hbond substituents is 1. The molecule has 2 aliphatic heterocycles. The molecule has 3 aromatic rings. The number of urea groups is 1. The largest absolute Gasteiger partial charge is 0.507 e. The Morgan fingerprint density at radius 2 is 1.73 bits per heavy atom. The molecule has 33 heavy (non-hydrogen) atoms. The number of benzene rings is 3. The number of nitrogens with one attached hydrogen (secondary N) is 2. The summed E-state index contributed by atoms with van der Waals surface area (Å²) in [6.07, 6.45) is 0.678. The molecule has 1 saturated heterocycles. The van der Waals surface area contributed by atoms with Crippen LogP contribution in [-0.4, -0.2) is 48.8 Å². The fraction of sp³-hybridized carbons (Fsp3) is 0.167. The molecule has 3 amide bonds. The van der Waals surface area contributed by atoms with E-state index >= 15 is 0 Å². The maximum atomic E-state index is 13.7. The maximum Gasteiger partial charge on any atom is 0.325 e. The van der Waals surface area contributed by atoms with Crippen molar-refractivity contribution >= 4 is 27.5 Å². The first-order chi connectivity index (χ1) is 15.9. The Morgan fingerprint density at radius 1 is 1.00 bits per heavy atom. The van der Waals surface area contributed by atoms with Crippen LogP contribution in [0.3, 0.4) is 0 Å². The third kappa shape index (κ3) is 3.50. The van der Waals surface area contributed by atoms with Gasteiger partial charge in [0.2, 0.25) is 9.84 Å². The summed E-state index contributed by atoms with van der Waals surface area (Å²) in [5.41, 5.74) is 3.11. The van der Waals surface area contributed by atoms with Crippen molar-refractivity contribution in [3.8, 4) is 16.9 Å². The number of sulfone groups is 1. The minimum atomic E-state index is -4.05. The topological polar surface area (TPSA) is 116 Å². The molecule has 3 N–H and O–H groups in total. The first-order valence-electron chi connectivity index (χ1n) is 10.5. The van der Waals surface area contributed by atoms with Crippen LogP contribution in [0.4, 0.5) is 10.5 Å². The predicted molar refractivity (Wildman–Crippen MR) is 123 cm³/mol. The van der Waals surface area contributed by atoms with E-state index in [1.165, 1.54) is 12.1 Å². The van der Waals surface area contributed by atoms with E-state index in [-0.39, 0.29) is 22.8 Å². The van der Waals surface area contributed by atoms with Crippen LogP contribution in [0.15, 0.2) is 71.6 Å². The summed E-state index contributed by atoms with van der Waals surface area (Å²) in [6.45, 7) is 0.347. The molecular weight excluding hydrogens is 442 g/mol. The average Bonchev–Trinajstić information content (AvgIpc) is 3.46. The van der Waals surface area contributed by atoms with E-state index in [2.05, 4.69) is 10.6 Å². The minimum absolute atomic E-state index is 0.0701. The summed E-state index contributed by atoms with van der Waals surface area (Å²) in [6, 6.07) is 17.6. The number of rotatable bonds is 4. The lowest BCUT2D eigenvalue weighted by molar-refractivity contribution is 0.0825. The van der Waals surface area contributed by atoms with Crippen LogP contribution in [0.25, 0.3) is 11.1 Å². The number of phenols is 1. The van der Waals surface area contributed by atoms with Crippen molar-refractivity contribution in [3.63, 3.8) is 0 Å². The molecule has 168 valence electrons. The zero-order valence-corrected chi connectivity index (χ0v) is 18.3. The van der Waals surface area contributed by atoms with E-state index in [9.17, 15) is 23.1 Å². The highest BCUT2D eigenvalue weighted by atomic mass is 32.2. The van der Waals surface area contributed by atoms with Crippen molar-refractivity contribution in [1.29, 1.82) is 0 Å². The Labute approximate surface area is 190 Å². The molecule has 5 rings (SSSR count). The molecule has 0 aliphatic carbocycles. The SMILES string of the molecule is O=C1NC(S(=O)(=O)c2ccc3c(c2-c2ccccc2)CCN3)CN1C(=O)c1ccccc1O. The van der Waals surface area contributed by atoms with Gasteiger partial charge in [0, 0.05) is 17.8 Å². The summed E-state index contributed by atoms with van der Waals surface area (Å²) < 4.78 is 27.4. The molecule has 1 unspecified atom stereocenters. The van der Waals surface area contributed by atoms with Gasteiger partial charge in [-0.05, 0) is 41.8 Å². The number of hydrogen-bond donors (Lipinski definition) is 3. The van der Waals surface area contributed by atoms with Crippen molar-refractivity contribution in [2.24, 2.45) is 0 Å². The molecule has 2 heterocycles. The van der Waals surface area contributed by atoms with Crippen molar-refractivity contribution < 1.29 is 23.1 Å². The highest BCUT2D eigenvalue weighted by Crippen LogP contribution is 2.39. The molecule has 8 nitrogen and oxygen atoms in total. The van der Waals surface area contributed by atoms with Crippen molar-refractivity contribution in [2.75, 3.05) is 18.4 Å². The van der Waals surface area contributed by atoms with E-state index in [1.807, 2.05) is 30.3 Å². The summed E-state index contributed by atoms with van der Waals surface area (Å²) in [5.74, 6) is -1.04. The molecule has 1 fully saturated rings. The number of amides is 3. The van der Waals surface area contributed by atoms with E-state index < -0.39 is 27.1 Å².